The van der Waals surface area contributed by atoms with E-state index < -0.39 is 23.5 Å². The zero-order valence-electron chi connectivity index (χ0n) is 20.7. The van der Waals surface area contributed by atoms with Crippen molar-refractivity contribution >= 4 is 40.0 Å². The summed E-state index contributed by atoms with van der Waals surface area (Å²) in [4.78, 5) is 43.0. The normalized spacial score (nSPS) is 14.1. The molecule has 1 fully saturated rings. The van der Waals surface area contributed by atoms with Crippen LogP contribution in [0, 0.1) is 11.3 Å². The first-order chi connectivity index (χ1) is 17.9. The fourth-order valence-corrected chi connectivity index (χ4v) is 5.09. The van der Waals surface area contributed by atoms with Crippen LogP contribution in [0.2, 0.25) is 0 Å². The molecule has 37 heavy (non-hydrogen) atoms. The third-order valence-corrected chi connectivity index (χ3v) is 7.30. The summed E-state index contributed by atoms with van der Waals surface area (Å²) in [5.74, 6) is -2.36. The van der Waals surface area contributed by atoms with Crippen molar-refractivity contribution in [3.8, 4) is 10.4 Å². The fraction of sp³-hybridized carbons (Fsp3) is 0.321. The van der Waals surface area contributed by atoms with Crippen molar-refractivity contribution < 1.29 is 19.1 Å². The third kappa shape index (κ3) is 6.89. The van der Waals surface area contributed by atoms with Gasteiger partial charge in [0.1, 0.15) is 12.3 Å². The highest BCUT2D eigenvalue weighted by atomic mass is 32.1. The number of nitrogens with one attached hydrogen (secondary N) is 3. The molecular formula is C28H30N4O4S. The van der Waals surface area contributed by atoms with E-state index in [1.807, 2.05) is 48.5 Å². The Balaban J connectivity index is 1.36. The van der Waals surface area contributed by atoms with Crippen LogP contribution in [-0.4, -0.2) is 34.5 Å². The second kappa shape index (κ2) is 12.4. The summed E-state index contributed by atoms with van der Waals surface area (Å²) in [5.41, 5.74) is 1.81. The van der Waals surface area contributed by atoms with Gasteiger partial charge in [-0.05, 0) is 42.5 Å². The molecule has 1 aliphatic carbocycles. The van der Waals surface area contributed by atoms with Gasteiger partial charge in [0.2, 0.25) is 5.91 Å². The molecule has 1 atom stereocenters. The lowest BCUT2D eigenvalue weighted by atomic mass is 9.99. The van der Waals surface area contributed by atoms with E-state index in [0.29, 0.717) is 10.7 Å². The summed E-state index contributed by atoms with van der Waals surface area (Å²) in [7, 11) is 0. The topological polar surface area (TPSA) is 121 Å². The van der Waals surface area contributed by atoms with Crippen LogP contribution < -0.4 is 10.6 Å². The number of rotatable bonds is 10. The molecule has 1 aliphatic rings. The summed E-state index contributed by atoms with van der Waals surface area (Å²) >= 11 is 1.26. The summed E-state index contributed by atoms with van der Waals surface area (Å²) < 4.78 is 5.22. The minimum absolute atomic E-state index is 0.0354. The maximum absolute atomic E-state index is 12.9. The summed E-state index contributed by atoms with van der Waals surface area (Å²) in [6, 6.07) is 16.7. The van der Waals surface area contributed by atoms with E-state index in [2.05, 4.69) is 15.6 Å². The average molecular weight is 519 g/mol. The molecule has 2 aromatic carbocycles. The van der Waals surface area contributed by atoms with Crippen LogP contribution >= 0.6 is 11.3 Å². The molecule has 1 heterocycles. The van der Waals surface area contributed by atoms with E-state index in [1.54, 1.807) is 19.2 Å². The maximum Gasteiger partial charge on any atom is 0.353 e. The van der Waals surface area contributed by atoms with Gasteiger partial charge in [0, 0.05) is 17.8 Å². The summed E-state index contributed by atoms with van der Waals surface area (Å²) in [6.07, 6.45) is 6.23. The van der Waals surface area contributed by atoms with E-state index >= 15 is 0 Å². The number of carbonyl (C=O) groups is 3. The van der Waals surface area contributed by atoms with Gasteiger partial charge >= 0.3 is 5.97 Å². The van der Waals surface area contributed by atoms with Crippen molar-refractivity contribution in [2.45, 2.75) is 51.7 Å². The zero-order chi connectivity index (χ0) is 26.2. The Labute approximate surface area is 220 Å². The second-order valence-electron chi connectivity index (χ2n) is 8.99. The van der Waals surface area contributed by atoms with Gasteiger partial charge in [-0.3, -0.25) is 15.0 Å². The molecule has 9 heteroatoms. The average Bonchev–Trinajstić information content (AvgIpc) is 3.60. The zero-order valence-corrected chi connectivity index (χ0v) is 21.5. The van der Waals surface area contributed by atoms with E-state index in [4.69, 9.17) is 10.1 Å². The molecule has 8 nitrogen and oxygen atoms in total. The first kappa shape index (κ1) is 26.2. The third-order valence-electron chi connectivity index (χ3n) is 6.34. The standard InChI is InChI=1S/C28H30N4O4S/c1-2-22(24(29)27(35)36-17-18-9-4-3-5-10-18)26(34)32-28-30-16-23(37-28)19-11-8-12-20(15-19)25(33)31-21-13-6-7-14-21/h3-5,8-12,15-16,21-22,29H,2,6-7,13-14,17H2,1H3,(H,31,33)(H,30,32,34)/t22-/m0/s1. The maximum atomic E-state index is 12.9. The van der Waals surface area contributed by atoms with E-state index in [1.165, 1.54) is 11.3 Å². The van der Waals surface area contributed by atoms with Gasteiger partial charge in [-0.2, -0.15) is 0 Å². The minimum atomic E-state index is -0.960. The first-order valence-corrected chi connectivity index (χ1v) is 13.2. The molecule has 0 unspecified atom stereocenters. The number of esters is 1. The Morgan fingerprint density at radius 2 is 1.86 bits per heavy atom. The van der Waals surface area contributed by atoms with Crippen LogP contribution in [0.15, 0.2) is 60.8 Å². The molecule has 192 valence electrons. The Bertz CT molecular complexity index is 1270. The quantitative estimate of drug-likeness (QED) is 0.251. The van der Waals surface area contributed by atoms with Gasteiger partial charge in [0.15, 0.2) is 5.13 Å². The molecule has 1 aromatic heterocycles. The molecule has 3 aromatic rings. The predicted molar refractivity (Wildman–Crippen MR) is 144 cm³/mol. The highest BCUT2D eigenvalue weighted by Gasteiger charge is 2.28. The molecule has 1 saturated carbocycles. The van der Waals surface area contributed by atoms with Gasteiger partial charge in [-0.1, -0.05) is 73.6 Å². The summed E-state index contributed by atoms with van der Waals surface area (Å²) in [6.45, 7) is 1.77. The Morgan fingerprint density at radius 1 is 1.11 bits per heavy atom. The van der Waals surface area contributed by atoms with E-state index in [0.717, 1.165) is 41.7 Å². The summed E-state index contributed by atoms with van der Waals surface area (Å²) in [5, 5.41) is 14.4. The smallest absolute Gasteiger partial charge is 0.353 e. The predicted octanol–water partition coefficient (Wildman–Crippen LogP) is 5.21. The second-order valence-corrected chi connectivity index (χ2v) is 10.0. The number of hydrogen-bond donors (Lipinski definition) is 3. The Hall–Kier alpha value is -3.85. The molecule has 0 spiro atoms. The number of hydrogen-bond acceptors (Lipinski definition) is 7. The highest BCUT2D eigenvalue weighted by Crippen LogP contribution is 2.30. The molecule has 3 N–H and O–H groups in total. The van der Waals surface area contributed by atoms with Crippen LogP contribution in [0.4, 0.5) is 5.13 Å². The molecule has 4 rings (SSSR count). The lowest BCUT2D eigenvalue weighted by Crippen LogP contribution is -2.34. The van der Waals surface area contributed by atoms with Crippen molar-refractivity contribution in [1.29, 1.82) is 5.41 Å². The van der Waals surface area contributed by atoms with Crippen molar-refractivity contribution in [3.63, 3.8) is 0 Å². The molecule has 0 saturated heterocycles. The lowest BCUT2D eigenvalue weighted by Gasteiger charge is -2.14. The van der Waals surface area contributed by atoms with Crippen molar-refractivity contribution in [2.24, 2.45) is 5.92 Å². The van der Waals surface area contributed by atoms with Crippen LogP contribution in [-0.2, 0) is 20.9 Å². The van der Waals surface area contributed by atoms with Crippen LogP contribution in [0.3, 0.4) is 0 Å². The van der Waals surface area contributed by atoms with Gasteiger partial charge in [0.05, 0.1) is 10.8 Å². The van der Waals surface area contributed by atoms with Gasteiger partial charge in [-0.25, -0.2) is 9.78 Å². The highest BCUT2D eigenvalue weighted by molar-refractivity contribution is 7.19. The molecular weight excluding hydrogens is 488 g/mol. The Morgan fingerprint density at radius 3 is 2.59 bits per heavy atom. The van der Waals surface area contributed by atoms with Crippen molar-refractivity contribution in [1.82, 2.24) is 10.3 Å². The number of carbonyl (C=O) groups excluding carboxylic acids is 3. The molecule has 0 bridgehead atoms. The number of thiazole rings is 1. The van der Waals surface area contributed by atoms with Crippen molar-refractivity contribution in [3.05, 3.63) is 71.9 Å². The number of aromatic nitrogens is 1. The van der Waals surface area contributed by atoms with Crippen molar-refractivity contribution in [2.75, 3.05) is 5.32 Å². The van der Waals surface area contributed by atoms with Crippen LogP contribution in [0.1, 0.15) is 54.9 Å². The number of amides is 2. The molecule has 0 radical (unpaired) electrons. The number of anilines is 1. The number of ether oxygens (including phenoxy) is 1. The van der Waals surface area contributed by atoms with Crippen LogP contribution in [0.25, 0.3) is 10.4 Å². The minimum Gasteiger partial charge on any atom is -0.456 e. The number of benzene rings is 2. The van der Waals surface area contributed by atoms with E-state index in [9.17, 15) is 14.4 Å². The Kier molecular flexibility index (Phi) is 8.79. The lowest BCUT2D eigenvalue weighted by molar-refractivity contribution is -0.137. The SMILES string of the molecule is CC[C@@H](C(=N)C(=O)OCc1ccccc1)C(=O)Nc1ncc(-c2cccc(C(=O)NC3CCCC3)c2)s1. The monoisotopic (exact) mass is 518 g/mol. The molecule has 0 aliphatic heterocycles. The van der Waals surface area contributed by atoms with E-state index in [-0.39, 0.29) is 25.0 Å². The number of nitrogens with zero attached hydrogens (tertiary/aromatic N) is 1. The van der Waals surface area contributed by atoms with Crippen LogP contribution in [0.5, 0.6) is 0 Å². The fourth-order valence-electron chi connectivity index (χ4n) is 4.27. The first-order valence-electron chi connectivity index (χ1n) is 12.4. The van der Waals surface area contributed by atoms with Gasteiger partial charge < -0.3 is 15.4 Å². The van der Waals surface area contributed by atoms with Gasteiger partial charge in [0.25, 0.3) is 5.91 Å². The largest absolute Gasteiger partial charge is 0.456 e. The van der Waals surface area contributed by atoms with Gasteiger partial charge in [-0.15, -0.1) is 0 Å². The molecule has 2 amide bonds.